The molecule has 0 radical (unpaired) electrons. The molecule has 4 heteroatoms. The van der Waals surface area contributed by atoms with E-state index in [9.17, 15) is 0 Å². The summed E-state index contributed by atoms with van der Waals surface area (Å²) in [4.78, 5) is 5.80. The van der Waals surface area contributed by atoms with Crippen LogP contribution in [0.4, 0.5) is 0 Å². The highest BCUT2D eigenvalue weighted by Gasteiger charge is 2.10. The first-order chi connectivity index (χ1) is 7.36. The molecular formula is C11H7IN2S. The molecule has 0 bridgehead atoms. The van der Waals surface area contributed by atoms with Gasteiger partial charge in [-0.1, -0.05) is 12.1 Å². The lowest BCUT2D eigenvalue weighted by atomic mass is 10.4. The lowest BCUT2D eigenvalue weighted by molar-refractivity contribution is 1.17. The monoisotopic (exact) mass is 326 g/mol. The highest BCUT2D eigenvalue weighted by atomic mass is 127. The molecule has 0 fully saturated rings. The van der Waals surface area contributed by atoms with Gasteiger partial charge in [0, 0.05) is 6.20 Å². The van der Waals surface area contributed by atoms with E-state index in [1.807, 2.05) is 12.1 Å². The Bertz CT molecular complexity index is 598. The summed E-state index contributed by atoms with van der Waals surface area (Å²) in [7, 11) is 0. The summed E-state index contributed by atoms with van der Waals surface area (Å²) in [5.74, 6) is 1.03. The van der Waals surface area contributed by atoms with Crippen molar-refractivity contribution in [2.24, 2.45) is 0 Å². The van der Waals surface area contributed by atoms with E-state index in [0.717, 1.165) is 9.53 Å². The number of hydrogen-bond acceptors (Lipinski definition) is 2. The molecule has 0 saturated carbocycles. The van der Waals surface area contributed by atoms with Gasteiger partial charge in [0.25, 0.3) is 0 Å². The summed E-state index contributed by atoms with van der Waals surface area (Å²) in [6, 6.07) is 10.3. The highest BCUT2D eigenvalue weighted by Crippen LogP contribution is 2.26. The number of imidazole rings is 1. The molecule has 0 aromatic carbocycles. The van der Waals surface area contributed by atoms with Crippen LogP contribution in [0.5, 0.6) is 0 Å². The van der Waals surface area contributed by atoms with E-state index in [-0.39, 0.29) is 0 Å². The predicted molar refractivity (Wildman–Crippen MR) is 71.2 cm³/mol. The molecule has 0 amide bonds. The standard InChI is InChI=1S/C11H7IN2S/c12-10-8-4-1-2-6-14(8)11(13-10)9-5-3-7-15-9/h1-7H. The number of nitrogens with zero attached hydrogens (tertiary/aromatic N) is 2. The molecule has 0 saturated heterocycles. The van der Waals surface area contributed by atoms with Gasteiger partial charge in [0.2, 0.25) is 0 Å². The zero-order valence-electron chi connectivity index (χ0n) is 7.72. The molecule has 2 nitrogen and oxygen atoms in total. The van der Waals surface area contributed by atoms with Crippen LogP contribution in [0.3, 0.4) is 0 Å². The second-order valence-electron chi connectivity index (χ2n) is 3.16. The fourth-order valence-electron chi connectivity index (χ4n) is 1.58. The third kappa shape index (κ3) is 1.48. The number of aromatic nitrogens is 2. The fraction of sp³-hybridized carbons (Fsp3) is 0. The Balaban J connectivity index is 2.37. The van der Waals surface area contributed by atoms with Gasteiger partial charge in [-0.3, -0.25) is 4.40 Å². The van der Waals surface area contributed by atoms with E-state index in [4.69, 9.17) is 0 Å². The van der Waals surface area contributed by atoms with Gasteiger partial charge in [0.1, 0.15) is 3.70 Å². The van der Waals surface area contributed by atoms with Crippen LogP contribution < -0.4 is 0 Å². The second kappa shape index (κ2) is 3.61. The average molecular weight is 326 g/mol. The maximum Gasteiger partial charge on any atom is 0.155 e. The molecule has 0 N–H and O–H groups in total. The molecule has 0 aliphatic heterocycles. The van der Waals surface area contributed by atoms with Gasteiger partial charge in [-0.15, -0.1) is 11.3 Å². The van der Waals surface area contributed by atoms with E-state index in [1.54, 1.807) is 11.3 Å². The van der Waals surface area contributed by atoms with Crippen molar-refractivity contribution in [3.63, 3.8) is 0 Å². The summed E-state index contributed by atoms with van der Waals surface area (Å²) in [5, 5.41) is 2.08. The average Bonchev–Trinajstić information content (AvgIpc) is 2.87. The van der Waals surface area contributed by atoms with Crippen LogP contribution in [-0.4, -0.2) is 9.38 Å². The van der Waals surface area contributed by atoms with Crippen LogP contribution in [0, 0.1) is 3.70 Å². The Labute approximate surface area is 105 Å². The first-order valence-corrected chi connectivity index (χ1v) is 6.48. The largest absolute Gasteiger partial charge is 0.298 e. The van der Waals surface area contributed by atoms with E-state index in [2.05, 4.69) is 61.8 Å². The van der Waals surface area contributed by atoms with Gasteiger partial charge in [-0.25, -0.2) is 4.98 Å². The molecule has 15 heavy (non-hydrogen) atoms. The zero-order chi connectivity index (χ0) is 10.3. The van der Waals surface area contributed by atoms with Crippen molar-refractivity contribution in [1.29, 1.82) is 0 Å². The summed E-state index contributed by atoms with van der Waals surface area (Å²) >= 11 is 3.99. The van der Waals surface area contributed by atoms with Crippen LogP contribution in [0.25, 0.3) is 16.2 Å². The third-order valence-electron chi connectivity index (χ3n) is 2.25. The molecule has 3 aromatic heterocycles. The molecule has 3 heterocycles. The minimum atomic E-state index is 1.03. The van der Waals surface area contributed by atoms with Crippen molar-refractivity contribution >= 4 is 39.4 Å². The summed E-state index contributed by atoms with van der Waals surface area (Å²) in [6.45, 7) is 0. The van der Waals surface area contributed by atoms with Crippen molar-refractivity contribution in [3.8, 4) is 10.7 Å². The minimum absolute atomic E-state index is 1.03. The highest BCUT2D eigenvalue weighted by molar-refractivity contribution is 14.1. The molecule has 3 aromatic rings. The van der Waals surface area contributed by atoms with Crippen LogP contribution >= 0.6 is 33.9 Å². The number of rotatable bonds is 1. The minimum Gasteiger partial charge on any atom is -0.298 e. The quantitative estimate of drug-likeness (QED) is 0.624. The molecule has 3 rings (SSSR count). The number of pyridine rings is 1. The second-order valence-corrected chi connectivity index (χ2v) is 5.13. The number of halogens is 1. The SMILES string of the molecule is Ic1nc(-c2cccs2)n2ccccc12. The lowest BCUT2D eigenvalue weighted by Crippen LogP contribution is -1.85. The van der Waals surface area contributed by atoms with Gasteiger partial charge in [0.05, 0.1) is 10.4 Å². The third-order valence-corrected chi connectivity index (χ3v) is 3.90. The predicted octanol–water partition coefficient (Wildman–Crippen LogP) is 3.67. The van der Waals surface area contributed by atoms with E-state index in [0.29, 0.717) is 0 Å². The number of thiophene rings is 1. The van der Waals surface area contributed by atoms with Gasteiger partial charge in [-0.2, -0.15) is 0 Å². The number of hydrogen-bond donors (Lipinski definition) is 0. The van der Waals surface area contributed by atoms with Gasteiger partial charge >= 0.3 is 0 Å². The normalized spacial score (nSPS) is 11.0. The molecule has 74 valence electrons. The van der Waals surface area contributed by atoms with Gasteiger partial charge in [-0.05, 0) is 46.2 Å². The Hall–Kier alpha value is -0.880. The Morgan fingerprint density at radius 1 is 1.20 bits per heavy atom. The Morgan fingerprint density at radius 3 is 2.93 bits per heavy atom. The topological polar surface area (TPSA) is 17.3 Å². The molecule has 0 unspecified atom stereocenters. The van der Waals surface area contributed by atoms with Crippen molar-refractivity contribution < 1.29 is 0 Å². The lowest BCUT2D eigenvalue weighted by Gasteiger charge is -1.96. The van der Waals surface area contributed by atoms with Gasteiger partial charge < -0.3 is 0 Å². The van der Waals surface area contributed by atoms with E-state index >= 15 is 0 Å². The first-order valence-electron chi connectivity index (χ1n) is 4.53. The van der Waals surface area contributed by atoms with Crippen molar-refractivity contribution in [2.45, 2.75) is 0 Å². The summed E-state index contributed by atoms with van der Waals surface area (Å²) in [6.07, 6.45) is 2.06. The first kappa shape index (κ1) is 9.35. The summed E-state index contributed by atoms with van der Waals surface area (Å²) in [5.41, 5.74) is 1.17. The van der Waals surface area contributed by atoms with Crippen LogP contribution in [0.2, 0.25) is 0 Å². The van der Waals surface area contributed by atoms with Crippen molar-refractivity contribution in [3.05, 3.63) is 45.6 Å². The van der Waals surface area contributed by atoms with E-state index < -0.39 is 0 Å². The van der Waals surface area contributed by atoms with Crippen molar-refractivity contribution in [2.75, 3.05) is 0 Å². The van der Waals surface area contributed by atoms with Crippen molar-refractivity contribution in [1.82, 2.24) is 9.38 Å². The fourth-order valence-corrected chi connectivity index (χ4v) is 2.96. The van der Waals surface area contributed by atoms with Crippen LogP contribution in [-0.2, 0) is 0 Å². The molecule has 0 aliphatic carbocycles. The maximum absolute atomic E-state index is 4.59. The Kier molecular flexibility index (Phi) is 2.25. The maximum atomic E-state index is 4.59. The number of fused-ring (bicyclic) bond motifs is 1. The Morgan fingerprint density at radius 2 is 2.13 bits per heavy atom. The molecule has 0 atom stereocenters. The molecule has 0 aliphatic rings. The molecule has 0 spiro atoms. The van der Waals surface area contributed by atoms with E-state index in [1.165, 1.54) is 10.4 Å². The van der Waals surface area contributed by atoms with Crippen LogP contribution in [0.15, 0.2) is 41.9 Å². The van der Waals surface area contributed by atoms with Gasteiger partial charge in [0.15, 0.2) is 5.82 Å². The summed E-state index contributed by atoms with van der Waals surface area (Å²) < 4.78 is 3.18. The smallest absolute Gasteiger partial charge is 0.155 e. The molecular weight excluding hydrogens is 319 g/mol. The zero-order valence-corrected chi connectivity index (χ0v) is 10.7. The van der Waals surface area contributed by atoms with Crippen LogP contribution in [0.1, 0.15) is 0 Å².